The number of carbonyl (C=O) groups excluding carboxylic acids is 1. The van der Waals surface area contributed by atoms with Crippen molar-refractivity contribution in [3.05, 3.63) is 34.3 Å². The third-order valence-electron chi connectivity index (χ3n) is 3.34. The molecule has 2 aromatic rings. The van der Waals surface area contributed by atoms with Gasteiger partial charge in [0.25, 0.3) is 11.8 Å². The molecule has 0 aliphatic carbocycles. The summed E-state index contributed by atoms with van der Waals surface area (Å²) in [5, 5.41) is 3.91. The lowest BCUT2D eigenvalue weighted by molar-refractivity contribution is -0.123. The Labute approximate surface area is 157 Å². The molecule has 10 heteroatoms. The van der Waals surface area contributed by atoms with Crippen LogP contribution in [0.1, 0.15) is 5.56 Å². The average molecular weight is 426 g/mol. The van der Waals surface area contributed by atoms with Gasteiger partial charge in [-0.15, -0.1) is 4.37 Å². The SMILES string of the molecule is O=C(COc1nsnc1N1CCOCC1)N/N=C/c1cccc(Br)c1. The van der Waals surface area contributed by atoms with Crippen molar-refractivity contribution in [3.63, 3.8) is 0 Å². The number of ether oxygens (including phenoxy) is 2. The molecule has 1 fully saturated rings. The molecule has 1 N–H and O–H groups in total. The number of aromatic nitrogens is 2. The first kappa shape index (κ1) is 17.8. The highest BCUT2D eigenvalue weighted by Gasteiger charge is 2.20. The zero-order valence-electron chi connectivity index (χ0n) is 13.2. The van der Waals surface area contributed by atoms with Crippen molar-refractivity contribution in [2.24, 2.45) is 5.10 Å². The minimum atomic E-state index is -0.368. The Morgan fingerprint density at radius 1 is 1.44 bits per heavy atom. The van der Waals surface area contributed by atoms with Crippen LogP contribution in [-0.2, 0) is 9.53 Å². The summed E-state index contributed by atoms with van der Waals surface area (Å²) in [6.45, 7) is 2.55. The Morgan fingerprint density at radius 3 is 3.08 bits per heavy atom. The van der Waals surface area contributed by atoms with Gasteiger partial charge in [-0.05, 0) is 17.7 Å². The molecule has 0 radical (unpaired) electrons. The summed E-state index contributed by atoms with van der Waals surface area (Å²) in [4.78, 5) is 13.9. The normalized spacial score (nSPS) is 14.7. The Balaban J connectivity index is 1.48. The number of hydrogen-bond acceptors (Lipinski definition) is 8. The molecule has 1 aromatic heterocycles. The molecule has 0 spiro atoms. The van der Waals surface area contributed by atoms with E-state index in [0.717, 1.165) is 34.9 Å². The van der Waals surface area contributed by atoms with Crippen LogP contribution in [0.15, 0.2) is 33.8 Å². The van der Waals surface area contributed by atoms with Crippen molar-refractivity contribution < 1.29 is 14.3 Å². The number of nitrogens with one attached hydrogen (secondary N) is 1. The molecular formula is C15H16BrN5O3S. The topological polar surface area (TPSA) is 88.9 Å². The summed E-state index contributed by atoms with van der Waals surface area (Å²) in [5.74, 6) is 0.643. The Bertz CT molecular complexity index is 748. The van der Waals surface area contributed by atoms with E-state index < -0.39 is 0 Å². The van der Waals surface area contributed by atoms with Gasteiger partial charge in [0.15, 0.2) is 6.61 Å². The van der Waals surface area contributed by atoms with Crippen LogP contribution in [0, 0.1) is 0 Å². The Kier molecular flexibility index (Phi) is 6.31. The molecule has 1 aromatic carbocycles. The van der Waals surface area contributed by atoms with Crippen LogP contribution in [0.2, 0.25) is 0 Å². The highest BCUT2D eigenvalue weighted by Crippen LogP contribution is 2.26. The quantitative estimate of drug-likeness (QED) is 0.559. The second-order valence-electron chi connectivity index (χ2n) is 5.13. The van der Waals surface area contributed by atoms with Crippen molar-refractivity contribution in [1.82, 2.24) is 14.2 Å². The van der Waals surface area contributed by atoms with E-state index in [9.17, 15) is 4.79 Å². The Hall–Kier alpha value is -2.04. The standard InChI is InChI=1S/C15H16BrN5O3S/c16-12-3-1-2-11(8-12)9-17-18-13(22)10-24-15-14(19-25-20-15)21-4-6-23-7-5-21/h1-3,8-9H,4-7,10H2,(H,18,22)/b17-9+. The number of amides is 1. The first-order chi connectivity index (χ1) is 12.2. The van der Waals surface area contributed by atoms with Crippen LogP contribution in [0.25, 0.3) is 0 Å². The zero-order chi connectivity index (χ0) is 17.5. The van der Waals surface area contributed by atoms with Crippen molar-refractivity contribution in [2.45, 2.75) is 0 Å². The van der Waals surface area contributed by atoms with Crippen molar-refractivity contribution >= 4 is 45.6 Å². The second kappa shape index (κ2) is 8.88. The minimum Gasteiger partial charge on any atom is -0.464 e. The highest BCUT2D eigenvalue weighted by molar-refractivity contribution is 9.10. The predicted octanol–water partition coefficient (Wildman–Crippen LogP) is 1.67. The first-order valence-corrected chi connectivity index (χ1v) is 9.10. The van der Waals surface area contributed by atoms with Gasteiger partial charge in [0.1, 0.15) is 0 Å². The fraction of sp³-hybridized carbons (Fsp3) is 0.333. The molecule has 0 unspecified atom stereocenters. The molecule has 2 heterocycles. The maximum atomic E-state index is 11.8. The van der Waals surface area contributed by atoms with Gasteiger partial charge < -0.3 is 14.4 Å². The zero-order valence-corrected chi connectivity index (χ0v) is 15.6. The van der Waals surface area contributed by atoms with Crippen LogP contribution < -0.4 is 15.1 Å². The van der Waals surface area contributed by atoms with Crippen LogP contribution >= 0.6 is 27.7 Å². The molecule has 8 nitrogen and oxygen atoms in total. The van der Waals surface area contributed by atoms with Gasteiger partial charge in [0.05, 0.1) is 31.2 Å². The van der Waals surface area contributed by atoms with Gasteiger partial charge in [-0.2, -0.15) is 9.47 Å². The van der Waals surface area contributed by atoms with Crippen LogP contribution in [0.5, 0.6) is 5.88 Å². The summed E-state index contributed by atoms with van der Waals surface area (Å²) >= 11 is 4.43. The third-order valence-corrected chi connectivity index (χ3v) is 4.34. The number of hydrogen-bond donors (Lipinski definition) is 1. The number of nitrogens with zero attached hydrogens (tertiary/aromatic N) is 4. The fourth-order valence-corrected chi connectivity index (χ4v) is 3.10. The summed E-state index contributed by atoms with van der Waals surface area (Å²) in [7, 11) is 0. The number of hydrazone groups is 1. The predicted molar refractivity (Wildman–Crippen MR) is 98.3 cm³/mol. The lowest BCUT2D eigenvalue weighted by Crippen LogP contribution is -2.36. The molecule has 0 atom stereocenters. The van der Waals surface area contributed by atoms with Crippen molar-refractivity contribution in [3.8, 4) is 5.88 Å². The monoisotopic (exact) mass is 425 g/mol. The summed E-state index contributed by atoms with van der Waals surface area (Å²) in [6.07, 6.45) is 1.56. The molecule has 25 heavy (non-hydrogen) atoms. The number of halogens is 1. The molecule has 0 saturated carbocycles. The summed E-state index contributed by atoms with van der Waals surface area (Å²) < 4.78 is 20.1. The van der Waals surface area contributed by atoms with Crippen molar-refractivity contribution in [2.75, 3.05) is 37.8 Å². The molecular weight excluding hydrogens is 410 g/mol. The summed E-state index contributed by atoms with van der Waals surface area (Å²) in [5.41, 5.74) is 3.29. The van der Waals surface area contributed by atoms with E-state index in [1.807, 2.05) is 29.2 Å². The van der Waals surface area contributed by atoms with E-state index in [2.05, 4.69) is 35.2 Å². The number of morpholine rings is 1. The lowest BCUT2D eigenvalue weighted by atomic mass is 10.2. The molecule has 1 aliphatic heterocycles. The largest absolute Gasteiger partial charge is 0.464 e. The van der Waals surface area contributed by atoms with Crippen LogP contribution in [-0.4, -0.2) is 53.8 Å². The maximum Gasteiger partial charge on any atom is 0.278 e. The van der Waals surface area contributed by atoms with E-state index >= 15 is 0 Å². The molecule has 1 aliphatic rings. The molecule has 3 rings (SSSR count). The van der Waals surface area contributed by atoms with E-state index in [1.165, 1.54) is 0 Å². The van der Waals surface area contributed by atoms with E-state index in [4.69, 9.17) is 9.47 Å². The van der Waals surface area contributed by atoms with Gasteiger partial charge in [-0.3, -0.25) is 4.79 Å². The van der Waals surface area contributed by atoms with Gasteiger partial charge in [-0.25, -0.2) is 5.43 Å². The average Bonchev–Trinajstić information content (AvgIpc) is 3.09. The highest BCUT2D eigenvalue weighted by atomic mass is 79.9. The van der Waals surface area contributed by atoms with Gasteiger partial charge in [-0.1, -0.05) is 28.1 Å². The van der Waals surface area contributed by atoms with E-state index in [1.54, 1.807) is 6.21 Å². The minimum absolute atomic E-state index is 0.182. The first-order valence-electron chi connectivity index (χ1n) is 7.58. The second-order valence-corrected chi connectivity index (χ2v) is 6.57. The van der Waals surface area contributed by atoms with E-state index in [-0.39, 0.29) is 12.5 Å². The number of benzene rings is 1. The number of anilines is 1. The molecule has 1 saturated heterocycles. The Morgan fingerprint density at radius 2 is 2.28 bits per heavy atom. The number of rotatable bonds is 6. The van der Waals surface area contributed by atoms with Crippen LogP contribution in [0.4, 0.5) is 5.82 Å². The lowest BCUT2D eigenvalue weighted by Gasteiger charge is -2.26. The van der Waals surface area contributed by atoms with Crippen molar-refractivity contribution in [1.29, 1.82) is 0 Å². The molecule has 1 amide bonds. The molecule has 0 bridgehead atoms. The molecule has 132 valence electrons. The van der Waals surface area contributed by atoms with Gasteiger partial charge in [0, 0.05) is 17.6 Å². The smallest absolute Gasteiger partial charge is 0.278 e. The van der Waals surface area contributed by atoms with Crippen LogP contribution in [0.3, 0.4) is 0 Å². The van der Waals surface area contributed by atoms with Gasteiger partial charge >= 0.3 is 0 Å². The summed E-state index contributed by atoms with van der Waals surface area (Å²) in [6, 6.07) is 7.57. The van der Waals surface area contributed by atoms with Gasteiger partial charge in [0.2, 0.25) is 5.82 Å². The maximum absolute atomic E-state index is 11.8. The van der Waals surface area contributed by atoms with E-state index in [0.29, 0.717) is 24.9 Å². The third kappa shape index (κ3) is 5.21. The number of carbonyl (C=O) groups is 1. The fourth-order valence-electron chi connectivity index (χ4n) is 2.17.